The van der Waals surface area contributed by atoms with Crippen LogP contribution < -0.4 is 0 Å². The molecule has 4 heterocycles. The zero-order chi connectivity index (χ0) is 20.8. The van der Waals surface area contributed by atoms with Crippen molar-refractivity contribution in [1.29, 1.82) is 0 Å². The van der Waals surface area contributed by atoms with E-state index < -0.39 is 12.7 Å². The summed E-state index contributed by atoms with van der Waals surface area (Å²) in [7, 11) is 0. The number of hydrogen-bond donors (Lipinski definition) is 1. The summed E-state index contributed by atoms with van der Waals surface area (Å²) in [4.78, 5) is 9.84. The number of alkyl halides is 3. The first kappa shape index (κ1) is 19.3. The average molecular weight is 419 g/mol. The van der Waals surface area contributed by atoms with Crippen molar-refractivity contribution in [2.75, 3.05) is 6.26 Å². The highest BCUT2D eigenvalue weighted by atomic mass is 32.2. The highest BCUT2D eigenvalue weighted by molar-refractivity contribution is 7.98. The van der Waals surface area contributed by atoms with Gasteiger partial charge in [-0.15, -0.1) is 11.8 Å². The Morgan fingerprint density at radius 2 is 1.93 bits per heavy atom. The van der Waals surface area contributed by atoms with Gasteiger partial charge in [-0.3, -0.25) is 14.2 Å². The van der Waals surface area contributed by atoms with E-state index in [0.29, 0.717) is 22.3 Å². The number of rotatable bonds is 4. The van der Waals surface area contributed by atoms with Crippen LogP contribution in [0.15, 0.2) is 48.0 Å². The largest absolute Gasteiger partial charge is 0.494 e. The smallest absolute Gasteiger partial charge is 0.408 e. The zero-order valence-corrected chi connectivity index (χ0v) is 16.3. The molecule has 0 bridgehead atoms. The number of hydrogen-bond acceptors (Lipinski definition) is 5. The average Bonchev–Trinajstić information content (AvgIpc) is 3.24. The Balaban J connectivity index is 1.78. The molecular weight excluding hydrogens is 403 g/mol. The van der Waals surface area contributed by atoms with E-state index in [2.05, 4.69) is 15.1 Å². The van der Waals surface area contributed by atoms with Crippen LogP contribution in [0.25, 0.3) is 27.8 Å². The molecule has 6 nitrogen and oxygen atoms in total. The molecule has 0 radical (unpaired) electrons. The van der Waals surface area contributed by atoms with Crippen molar-refractivity contribution >= 4 is 22.7 Å². The molecule has 4 aromatic rings. The standard InChI is InChI=1S/C19H16F3N5OS/c1-11-3-15(12-4-14(29-2)7-23-5-12)25-16-9-27(18(28)17(11)16)13-6-24-26(8-13)10-19(20,21)22/h3-9,28H,10H2,1-2H3. The molecule has 0 aromatic carbocycles. The Hall–Kier alpha value is -3.01. The predicted molar refractivity (Wildman–Crippen MR) is 104 cm³/mol. The van der Waals surface area contributed by atoms with E-state index in [1.54, 1.807) is 30.4 Å². The first-order chi connectivity index (χ1) is 13.7. The van der Waals surface area contributed by atoms with Crippen LogP contribution in [0.2, 0.25) is 0 Å². The third kappa shape index (κ3) is 3.80. The van der Waals surface area contributed by atoms with E-state index in [0.717, 1.165) is 20.7 Å². The van der Waals surface area contributed by atoms with Gasteiger partial charge in [0.05, 0.1) is 28.5 Å². The van der Waals surface area contributed by atoms with Gasteiger partial charge in [-0.2, -0.15) is 18.3 Å². The molecule has 0 aliphatic rings. The first-order valence-electron chi connectivity index (χ1n) is 8.56. The van der Waals surface area contributed by atoms with Gasteiger partial charge in [0.15, 0.2) is 0 Å². The SMILES string of the molecule is CSc1cncc(-c2cc(C)c3c(O)n(-c4cnn(CC(F)(F)F)c4)cc3n2)c1. The lowest BCUT2D eigenvalue weighted by Crippen LogP contribution is -2.17. The molecule has 4 rings (SSSR count). The third-order valence-electron chi connectivity index (χ3n) is 4.43. The monoisotopic (exact) mass is 419 g/mol. The number of aromatic hydroxyl groups is 1. The van der Waals surface area contributed by atoms with E-state index >= 15 is 0 Å². The number of halogens is 3. The normalized spacial score (nSPS) is 12.0. The minimum Gasteiger partial charge on any atom is -0.494 e. The predicted octanol–water partition coefficient (Wildman–Crippen LogP) is 4.58. The molecule has 0 saturated heterocycles. The summed E-state index contributed by atoms with van der Waals surface area (Å²) in [6.45, 7) is 0.644. The van der Waals surface area contributed by atoms with E-state index in [4.69, 9.17) is 0 Å². The number of thioether (sulfide) groups is 1. The second-order valence-electron chi connectivity index (χ2n) is 6.53. The Kier molecular flexibility index (Phi) is 4.73. The number of pyridine rings is 2. The molecule has 0 aliphatic heterocycles. The maximum Gasteiger partial charge on any atom is 0.408 e. The van der Waals surface area contributed by atoms with E-state index in [1.165, 1.54) is 17.0 Å². The van der Waals surface area contributed by atoms with Crippen molar-refractivity contribution < 1.29 is 18.3 Å². The van der Waals surface area contributed by atoms with Gasteiger partial charge < -0.3 is 5.11 Å². The Labute approximate surface area is 168 Å². The van der Waals surface area contributed by atoms with Crippen molar-refractivity contribution in [1.82, 2.24) is 24.3 Å². The first-order valence-corrected chi connectivity index (χ1v) is 9.78. The second-order valence-corrected chi connectivity index (χ2v) is 7.41. The molecule has 4 aromatic heterocycles. The molecule has 1 N–H and O–H groups in total. The van der Waals surface area contributed by atoms with Crippen LogP contribution in [0.5, 0.6) is 5.88 Å². The number of aryl methyl sites for hydroxylation is 1. The Morgan fingerprint density at radius 1 is 1.14 bits per heavy atom. The molecule has 0 atom stereocenters. The Morgan fingerprint density at radius 3 is 2.66 bits per heavy atom. The van der Waals surface area contributed by atoms with Crippen molar-refractivity contribution in [3.8, 4) is 22.8 Å². The molecule has 29 heavy (non-hydrogen) atoms. The van der Waals surface area contributed by atoms with Crippen LogP contribution in [-0.2, 0) is 6.54 Å². The van der Waals surface area contributed by atoms with Crippen LogP contribution in [0.1, 0.15) is 5.56 Å². The topological polar surface area (TPSA) is 68.8 Å². The van der Waals surface area contributed by atoms with E-state index in [1.807, 2.05) is 25.3 Å². The van der Waals surface area contributed by atoms with Crippen molar-refractivity contribution in [2.45, 2.75) is 24.5 Å². The van der Waals surface area contributed by atoms with Gasteiger partial charge >= 0.3 is 6.18 Å². The van der Waals surface area contributed by atoms with Gasteiger partial charge in [0.2, 0.25) is 5.88 Å². The second kappa shape index (κ2) is 7.11. The van der Waals surface area contributed by atoms with Gasteiger partial charge in [0.1, 0.15) is 6.54 Å². The summed E-state index contributed by atoms with van der Waals surface area (Å²) in [5, 5.41) is 14.9. The van der Waals surface area contributed by atoms with Gasteiger partial charge in [-0.1, -0.05) is 0 Å². The van der Waals surface area contributed by atoms with Crippen molar-refractivity contribution in [3.63, 3.8) is 0 Å². The summed E-state index contributed by atoms with van der Waals surface area (Å²) in [6.07, 6.45) is 5.15. The van der Waals surface area contributed by atoms with Crippen molar-refractivity contribution in [2.24, 2.45) is 0 Å². The van der Waals surface area contributed by atoms with Gasteiger partial charge in [-0.05, 0) is 30.9 Å². The molecule has 0 spiro atoms. The third-order valence-corrected chi connectivity index (χ3v) is 5.13. The summed E-state index contributed by atoms with van der Waals surface area (Å²) < 4.78 is 39.9. The van der Waals surface area contributed by atoms with Crippen LogP contribution in [0.4, 0.5) is 13.2 Å². The summed E-state index contributed by atoms with van der Waals surface area (Å²) >= 11 is 1.57. The minimum absolute atomic E-state index is 0.0981. The van der Waals surface area contributed by atoms with Gasteiger partial charge in [0.25, 0.3) is 0 Å². The molecule has 10 heteroatoms. The van der Waals surface area contributed by atoms with E-state index in [-0.39, 0.29) is 5.88 Å². The molecule has 0 unspecified atom stereocenters. The van der Waals surface area contributed by atoms with Gasteiger partial charge in [0, 0.05) is 35.2 Å². The summed E-state index contributed by atoms with van der Waals surface area (Å²) in [5.74, 6) is -0.0981. The lowest BCUT2D eigenvalue weighted by molar-refractivity contribution is -0.142. The number of aromatic nitrogens is 5. The molecule has 0 amide bonds. The zero-order valence-electron chi connectivity index (χ0n) is 15.5. The van der Waals surface area contributed by atoms with Crippen LogP contribution in [0.3, 0.4) is 0 Å². The summed E-state index contributed by atoms with van der Waals surface area (Å²) in [5.41, 5.74) is 3.17. The lowest BCUT2D eigenvalue weighted by Gasteiger charge is -2.06. The molecule has 150 valence electrons. The Bertz CT molecular complexity index is 1200. The molecule has 0 aliphatic carbocycles. The maximum atomic E-state index is 12.6. The molecular formula is C19H16F3N5OS. The van der Waals surface area contributed by atoms with Crippen LogP contribution >= 0.6 is 11.8 Å². The van der Waals surface area contributed by atoms with Gasteiger partial charge in [-0.25, -0.2) is 4.98 Å². The fraction of sp³-hybridized carbons (Fsp3) is 0.211. The maximum absolute atomic E-state index is 12.6. The van der Waals surface area contributed by atoms with Crippen LogP contribution in [-0.4, -0.2) is 41.9 Å². The number of nitrogens with zero attached hydrogens (tertiary/aromatic N) is 5. The highest BCUT2D eigenvalue weighted by Gasteiger charge is 2.28. The van der Waals surface area contributed by atoms with E-state index in [9.17, 15) is 18.3 Å². The molecule has 0 fully saturated rings. The highest BCUT2D eigenvalue weighted by Crippen LogP contribution is 2.34. The number of fused-ring (bicyclic) bond motifs is 1. The fourth-order valence-corrected chi connectivity index (χ4v) is 3.56. The molecule has 0 saturated carbocycles. The fourth-order valence-electron chi connectivity index (χ4n) is 3.15. The quantitative estimate of drug-likeness (QED) is 0.491. The van der Waals surface area contributed by atoms with Crippen LogP contribution in [0, 0.1) is 6.92 Å². The lowest BCUT2D eigenvalue weighted by atomic mass is 10.1. The summed E-state index contributed by atoms with van der Waals surface area (Å²) in [6, 6.07) is 3.82. The van der Waals surface area contributed by atoms with Crippen molar-refractivity contribution in [3.05, 3.63) is 48.7 Å². The minimum atomic E-state index is -4.38.